The number of fused-ring (bicyclic) bond motifs is 2. The fourth-order valence-corrected chi connectivity index (χ4v) is 2.48. The minimum atomic E-state index is -0.514. The summed E-state index contributed by atoms with van der Waals surface area (Å²) in [5.74, 6) is -0.514. The number of nitrogens with zero attached hydrogens (tertiary/aromatic N) is 1. The van der Waals surface area contributed by atoms with E-state index in [-0.39, 0.29) is 0 Å². The van der Waals surface area contributed by atoms with Crippen LogP contribution in [0.5, 0.6) is 0 Å². The summed E-state index contributed by atoms with van der Waals surface area (Å²) < 4.78 is 11.6. The lowest BCUT2D eigenvalue weighted by Crippen LogP contribution is -2.33. The maximum absolute atomic E-state index is 5.78. The van der Waals surface area contributed by atoms with E-state index in [1.54, 1.807) is 0 Å². The Labute approximate surface area is 89.4 Å². The Morgan fingerprint density at radius 1 is 1.27 bits per heavy atom. The van der Waals surface area contributed by atoms with E-state index in [2.05, 4.69) is 17.1 Å². The molecule has 3 heteroatoms. The zero-order valence-corrected chi connectivity index (χ0v) is 8.95. The molecule has 0 aromatic carbocycles. The Bertz CT molecular complexity index is 383. The van der Waals surface area contributed by atoms with Gasteiger partial charge in [0.2, 0.25) is 5.79 Å². The fraction of sp³-hybridized carbons (Fsp3) is 0.583. The van der Waals surface area contributed by atoms with Crippen LogP contribution in [0.25, 0.3) is 0 Å². The monoisotopic (exact) mass is 205 g/mol. The first-order valence-corrected chi connectivity index (χ1v) is 5.55. The highest BCUT2D eigenvalue weighted by Gasteiger charge is 2.43. The minimum absolute atomic E-state index is 0.514. The third-order valence-corrected chi connectivity index (χ3v) is 3.18. The van der Waals surface area contributed by atoms with Crippen LogP contribution in [0.1, 0.15) is 29.8 Å². The second kappa shape index (κ2) is 3.29. The lowest BCUT2D eigenvalue weighted by atomic mass is 9.90. The summed E-state index contributed by atoms with van der Waals surface area (Å²) in [5.41, 5.74) is 3.34. The molecule has 1 spiro atoms. The van der Waals surface area contributed by atoms with E-state index >= 15 is 0 Å². The molecule has 1 aromatic rings. The lowest BCUT2D eigenvalue weighted by Gasteiger charge is -2.32. The van der Waals surface area contributed by atoms with Crippen LogP contribution in [0.15, 0.2) is 12.1 Å². The first-order chi connectivity index (χ1) is 7.30. The summed E-state index contributed by atoms with van der Waals surface area (Å²) in [6.07, 6.45) is 3.16. The number of ether oxygens (including phenoxy) is 2. The van der Waals surface area contributed by atoms with Crippen LogP contribution in [-0.4, -0.2) is 18.2 Å². The van der Waals surface area contributed by atoms with Gasteiger partial charge in [0.05, 0.1) is 13.2 Å². The molecular formula is C12H15NO2. The number of aromatic nitrogens is 1. The van der Waals surface area contributed by atoms with Crippen LogP contribution in [0.2, 0.25) is 0 Å². The number of hydrogen-bond donors (Lipinski definition) is 0. The van der Waals surface area contributed by atoms with E-state index < -0.39 is 5.79 Å². The standard InChI is InChI=1S/C12H15NO2/c1-9-4-5-10-3-2-6-12(11(10)13-9)14-7-8-15-12/h4-5H,2-3,6-8H2,1H3. The van der Waals surface area contributed by atoms with Gasteiger partial charge in [-0.2, -0.15) is 0 Å². The Morgan fingerprint density at radius 3 is 2.87 bits per heavy atom. The average Bonchev–Trinajstić information content (AvgIpc) is 2.69. The van der Waals surface area contributed by atoms with Gasteiger partial charge in [-0.3, -0.25) is 4.98 Å². The van der Waals surface area contributed by atoms with E-state index in [4.69, 9.17) is 9.47 Å². The predicted molar refractivity (Wildman–Crippen MR) is 55.5 cm³/mol. The Balaban J connectivity index is 2.12. The normalized spacial score (nSPS) is 23.0. The second-order valence-corrected chi connectivity index (χ2v) is 4.26. The SMILES string of the molecule is Cc1ccc2c(n1)C1(CCC2)OCCO1. The summed E-state index contributed by atoms with van der Waals surface area (Å²) in [4.78, 5) is 4.60. The van der Waals surface area contributed by atoms with Crippen LogP contribution < -0.4 is 0 Å². The minimum Gasteiger partial charge on any atom is -0.342 e. The molecule has 3 nitrogen and oxygen atoms in total. The van der Waals surface area contributed by atoms with Crippen molar-refractivity contribution in [3.05, 3.63) is 29.1 Å². The van der Waals surface area contributed by atoms with Crippen molar-refractivity contribution in [1.29, 1.82) is 0 Å². The fourth-order valence-electron chi connectivity index (χ4n) is 2.48. The molecule has 0 radical (unpaired) electrons. The maximum Gasteiger partial charge on any atom is 0.212 e. The van der Waals surface area contributed by atoms with E-state index in [1.165, 1.54) is 5.56 Å². The van der Waals surface area contributed by atoms with Crippen molar-refractivity contribution in [2.45, 2.75) is 32.0 Å². The third kappa shape index (κ3) is 1.38. The van der Waals surface area contributed by atoms with Crippen LogP contribution in [0.4, 0.5) is 0 Å². The number of aryl methyl sites for hydroxylation is 2. The number of pyridine rings is 1. The molecule has 0 N–H and O–H groups in total. The molecule has 80 valence electrons. The highest BCUT2D eigenvalue weighted by atomic mass is 16.7. The van der Waals surface area contributed by atoms with Gasteiger partial charge in [0.1, 0.15) is 5.69 Å². The topological polar surface area (TPSA) is 31.4 Å². The molecular weight excluding hydrogens is 190 g/mol. The van der Waals surface area contributed by atoms with Crippen molar-refractivity contribution in [3.63, 3.8) is 0 Å². The largest absolute Gasteiger partial charge is 0.342 e. The molecule has 3 rings (SSSR count). The van der Waals surface area contributed by atoms with Gasteiger partial charge >= 0.3 is 0 Å². The van der Waals surface area contributed by atoms with E-state index in [0.717, 1.165) is 30.7 Å². The first-order valence-electron chi connectivity index (χ1n) is 5.55. The van der Waals surface area contributed by atoms with Gasteiger partial charge in [-0.25, -0.2) is 0 Å². The second-order valence-electron chi connectivity index (χ2n) is 4.26. The van der Waals surface area contributed by atoms with Gasteiger partial charge in [0.25, 0.3) is 0 Å². The van der Waals surface area contributed by atoms with Gasteiger partial charge in [-0.05, 0) is 31.4 Å². The maximum atomic E-state index is 5.78. The van der Waals surface area contributed by atoms with Gasteiger partial charge < -0.3 is 9.47 Å². The number of hydrogen-bond acceptors (Lipinski definition) is 3. The Hall–Kier alpha value is -0.930. The summed E-state index contributed by atoms with van der Waals surface area (Å²) >= 11 is 0. The molecule has 1 aliphatic carbocycles. The number of rotatable bonds is 0. The summed E-state index contributed by atoms with van der Waals surface area (Å²) in [6.45, 7) is 3.39. The summed E-state index contributed by atoms with van der Waals surface area (Å²) in [7, 11) is 0. The average molecular weight is 205 g/mol. The summed E-state index contributed by atoms with van der Waals surface area (Å²) in [6, 6.07) is 4.22. The highest BCUT2D eigenvalue weighted by molar-refractivity contribution is 5.29. The van der Waals surface area contributed by atoms with Crippen molar-refractivity contribution >= 4 is 0 Å². The molecule has 1 aromatic heterocycles. The van der Waals surface area contributed by atoms with Gasteiger partial charge in [0, 0.05) is 12.1 Å². The van der Waals surface area contributed by atoms with Crippen LogP contribution in [-0.2, 0) is 21.7 Å². The first kappa shape index (κ1) is 9.31. The van der Waals surface area contributed by atoms with Crippen molar-refractivity contribution in [3.8, 4) is 0 Å². The van der Waals surface area contributed by atoms with E-state index in [0.29, 0.717) is 13.2 Å². The molecule has 15 heavy (non-hydrogen) atoms. The third-order valence-electron chi connectivity index (χ3n) is 3.18. The van der Waals surface area contributed by atoms with Crippen LogP contribution >= 0.6 is 0 Å². The van der Waals surface area contributed by atoms with Crippen molar-refractivity contribution in [2.24, 2.45) is 0 Å². The van der Waals surface area contributed by atoms with Crippen molar-refractivity contribution in [2.75, 3.05) is 13.2 Å². The van der Waals surface area contributed by atoms with Gasteiger partial charge in [-0.1, -0.05) is 6.07 Å². The zero-order valence-electron chi connectivity index (χ0n) is 8.95. The Morgan fingerprint density at radius 2 is 2.07 bits per heavy atom. The molecule has 2 aliphatic rings. The van der Waals surface area contributed by atoms with Crippen LogP contribution in [0.3, 0.4) is 0 Å². The van der Waals surface area contributed by atoms with Crippen LogP contribution in [0, 0.1) is 6.92 Å². The smallest absolute Gasteiger partial charge is 0.212 e. The molecule has 0 amide bonds. The molecule has 2 heterocycles. The van der Waals surface area contributed by atoms with E-state index in [9.17, 15) is 0 Å². The van der Waals surface area contributed by atoms with Gasteiger partial charge in [-0.15, -0.1) is 0 Å². The molecule has 1 saturated heterocycles. The van der Waals surface area contributed by atoms with Gasteiger partial charge in [0.15, 0.2) is 0 Å². The quantitative estimate of drug-likeness (QED) is 0.648. The van der Waals surface area contributed by atoms with Crippen molar-refractivity contribution < 1.29 is 9.47 Å². The zero-order chi connectivity index (χ0) is 10.3. The molecule has 0 atom stereocenters. The van der Waals surface area contributed by atoms with Crippen molar-refractivity contribution in [1.82, 2.24) is 4.98 Å². The molecule has 0 unspecified atom stereocenters. The predicted octanol–water partition coefficient (Wildman–Crippen LogP) is 1.93. The molecule has 1 aliphatic heterocycles. The lowest BCUT2D eigenvalue weighted by molar-refractivity contribution is -0.178. The highest BCUT2D eigenvalue weighted by Crippen LogP contribution is 2.40. The molecule has 1 fully saturated rings. The Kier molecular flexibility index (Phi) is 2.04. The van der Waals surface area contributed by atoms with E-state index in [1.807, 2.05) is 6.92 Å². The molecule has 0 saturated carbocycles. The summed E-state index contributed by atoms with van der Waals surface area (Å²) in [5, 5.41) is 0. The molecule has 0 bridgehead atoms.